The van der Waals surface area contributed by atoms with E-state index in [0.717, 1.165) is 43.2 Å². The zero-order chi connectivity index (χ0) is 17.2. The van der Waals surface area contributed by atoms with Gasteiger partial charge in [0.2, 0.25) is 10.0 Å². The number of carbonyl (C=O) groups is 1. The van der Waals surface area contributed by atoms with Crippen molar-refractivity contribution in [1.82, 2.24) is 4.72 Å². The van der Waals surface area contributed by atoms with Gasteiger partial charge in [-0.25, -0.2) is 13.1 Å². The molecule has 5 nitrogen and oxygen atoms in total. The number of sulfonamides is 1. The summed E-state index contributed by atoms with van der Waals surface area (Å²) in [4.78, 5) is 11.8. The Balaban J connectivity index is 1.64. The molecule has 0 bridgehead atoms. The summed E-state index contributed by atoms with van der Waals surface area (Å²) in [7, 11) is -3.20. The molecule has 2 aliphatic rings. The first-order valence-electron chi connectivity index (χ1n) is 8.77. The van der Waals surface area contributed by atoms with Gasteiger partial charge >= 0.3 is 0 Å². The third-order valence-electron chi connectivity index (χ3n) is 5.09. The minimum absolute atomic E-state index is 0.0558. The minimum atomic E-state index is -3.20. The standard InChI is InChI=1S/C18H25NO4S/c1-2-24(21,22)19-17-6-4-3-5-14(17)12-23-15-9-7-13-8-10-18(20)16(13)11-15/h7,9,11,14,17,19H,2-6,8,10,12H2,1H3/t14-,17+/m1/s1. The van der Waals surface area contributed by atoms with Crippen LogP contribution in [0, 0.1) is 5.92 Å². The van der Waals surface area contributed by atoms with Gasteiger partial charge in [-0.3, -0.25) is 4.79 Å². The Morgan fingerprint density at radius 1 is 1.21 bits per heavy atom. The number of benzene rings is 1. The first-order valence-corrected chi connectivity index (χ1v) is 10.4. The van der Waals surface area contributed by atoms with Crippen molar-refractivity contribution in [2.75, 3.05) is 12.4 Å². The molecule has 0 heterocycles. The lowest BCUT2D eigenvalue weighted by atomic mass is 9.86. The van der Waals surface area contributed by atoms with Gasteiger partial charge in [0.05, 0.1) is 12.4 Å². The summed E-state index contributed by atoms with van der Waals surface area (Å²) in [6, 6.07) is 5.65. The number of aryl methyl sites for hydroxylation is 1. The molecule has 0 amide bonds. The Labute approximate surface area is 143 Å². The maximum absolute atomic E-state index is 11.9. The highest BCUT2D eigenvalue weighted by Gasteiger charge is 2.29. The topological polar surface area (TPSA) is 72.5 Å². The molecule has 1 N–H and O–H groups in total. The van der Waals surface area contributed by atoms with Gasteiger partial charge in [0.25, 0.3) is 0 Å². The van der Waals surface area contributed by atoms with Gasteiger partial charge < -0.3 is 4.74 Å². The van der Waals surface area contributed by atoms with Gasteiger partial charge in [-0.2, -0.15) is 0 Å². The van der Waals surface area contributed by atoms with Crippen molar-refractivity contribution in [3.63, 3.8) is 0 Å². The second-order valence-electron chi connectivity index (χ2n) is 6.73. The summed E-state index contributed by atoms with van der Waals surface area (Å²) in [6.45, 7) is 2.13. The lowest BCUT2D eigenvalue weighted by Crippen LogP contribution is -2.44. The van der Waals surface area contributed by atoms with Crippen molar-refractivity contribution in [3.8, 4) is 5.75 Å². The SMILES string of the molecule is CCS(=O)(=O)N[C@H]1CCCC[C@@H]1COc1ccc2c(c1)C(=O)CC2. The number of ketones is 1. The van der Waals surface area contributed by atoms with Crippen LogP contribution >= 0.6 is 0 Å². The van der Waals surface area contributed by atoms with Crippen molar-refractivity contribution < 1.29 is 17.9 Å². The van der Waals surface area contributed by atoms with Crippen LogP contribution in [0.1, 0.15) is 54.9 Å². The van der Waals surface area contributed by atoms with Crippen LogP contribution in [0.4, 0.5) is 0 Å². The normalized spacial score (nSPS) is 24.0. The fraction of sp³-hybridized carbons (Fsp3) is 0.611. The molecule has 0 spiro atoms. The van der Waals surface area contributed by atoms with Crippen LogP contribution < -0.4 is 9.46 Å². The van der Waals surface area contributed by atoms with E-state index in [9.17, 15) is 13.2 Å². The van der Waals surface area contributed by atoms with E-state index >= 15 is 0 Å². The number of hydrogen-bond acceptors (Lipinski definition) is 4. The van der Waals surface area contributed by atoms with Crippen molar-refractivity contribution >= 4 is 15.8 Å². The third kappa shape index (κ3) is 3.98. The van der Waals surface area contributed by atoms with Gasteiger partial charge in [-0.15, -0.1) is 0 Å². The highest BCUT2D eigenvalue weighted by molar-refractivity contribution is 7.89. The molecule has 2 atom stereocenters. The number of carbonyl (C=O) groups excluding carboxylic acids is 1. The van der Waals surface area contributed by atoms with Crippen molar-refractivity contribution in [2.45, 2.75) is 51.5 Å². The minimum Gasteiger partial charge on any atom is -0.493 e. The molecule has 0 unspecified atom stereocenters. The molecule has 1 saturated carbocycles. The van der Waals surface area contributed by atoms with Crippen LogP contribution in [0.25, 0.3) is 0 Å². The first kappa shape index (κ1) is 17.4. The lowest BCUT2D eigenvalue weighted by Gasteiger charge is -2.31. The molecule has 0 aliphatic heterocycles. The smallest absolute Gasteiger partial charge is 0.211 e. The molecule has 6 heteroatoms. The summed E-state index contributed by atoms with van der Waals surface area (Å²) in [5.41, 5.74) is 1.87. The predicted molar refractivity (Wildman–Crippen MR) is 92.9 cm³/mol. The Morgan fingerprint density at radius 3 is 2.79 bits per heavy atom. The summed E-state index contributed by atoms with van der Waals surface area (Å²) in [6.07, 6.45) is 5.36. The average molecular weight is 351 g/mol. The molecule has 3 rings (SSSR count). The van der Waals surface area contributed by atoms with Crippen LogP contribution in [0.5, 0.6) is 5.75 Å². The largest absolute Gasteiger partial charge is 0.493 e. The van der Waals surface area contributed by atoms with Crippen LogP contribution in [-0.2, 0) is 16.4 Å². The quantitative estimate of drug-likeness (QED) is 0.855. The second kappa shape index (κ2) is 7.23. The van der Waals surface area contributed by atoms with E-state index < -0.39 is 10.0 Å². The van der Waals surface area contributed by atoms with Gasteiger partial charge in [-0.1, -0.05) is 18.9 Å². The first-order chi connectivity index (χ1) is 11.5. The van der Waals surface area contributed by atoms with Crippen LogP contribution in [-0.4, -0.2) is 32.6 Å². The van der Waals surface area contributed by atoms with E-state index in [1.165, 1.54) is 0 Å². The number of nitrogens with one attached hydrogen (secondary N) is 1. The van der Waals surface area contributed by atoms with Crippen molar-refractivity contribution in [3.05, 3.63) is 29.3 Å². The van der Waals surface area contributed by atoms with E-state index in [4.69, 9.17) is 4.74 Å². The van der Waals surface area contributed by atoms with Crippen LogP contribution in [0.3, 0.4) is 0 Å². The van der Waals surface area contributed by atoms with E-state index in [0.29, 0.717) is 18.8 Å². The molecule has 2 aliphatic carbocycles. The summed E-state index contributed by atoms with van der Waals surface area (Å²) in [5, 5.41) is 0. The highest BCUT2D eigenvalue weighted by atomic mass is 32.2. The number of rotatable bonds is 6. The summed E-state index contributed by atoms with van der Waals surface area (Å²) >= 11 is 0. The lowest BCUT2D eigenvalue weighted by molar-refractivity contribution is 0.0994. The zero-order valence-electron chi connectivity index (χ0n) is 14.1. The molecule has 132 valence electrons. The Bertz CT molecular complexity index is 714. The van der Waals surface area contributed by atoms with Crippen LogP contribution in [0.2, 0.25) is 0 Å². The predicted octanol–water partition coefficient (Wildman–Crippen LogP) is 2.69. The number of hydrogen-bond donors (Lipinski definition) is 1. The van der Waals surface area contributed by atoms with Crippen molar-refractivity contribution in [2.24, 2.45) is 5.92 Å². The maximum atomic E-state index is 11.9. The zero-order valence-corrected chi connectivity index (χ0v) is 14.9. The fourth-order valence-corrected chi connectivity index (χ4v) is 4.52. The molecule has 24 heavy (non-hydrogen) atoms. The molecular weight excluding hydrogens is 326 g/mol. The van der Waals surface area contributed by atoms with Crippen molar-refractivity contribution in [1.29, 1.82) is 0 Å². The molecule has 0 saturated heterocycles. The Kier molecular flexibility index (Phi) is 5.25. The Morgan fingerprint density at radius 2 is 2.00 bits per heavy atom. The average Bonchev–Trinajstić information content (AvgIpc) is 2.95. The van der Waals surface area contributed by atoms with Gasteiger partial charge in [0, 0.05) is 23.9 Å². The van der Waals surface area contributed by atoms with E-state index in [1.54, 1.807) is 6.92 Å². The second-order valence-corrected chi connectivity index (χ2v) is 8.77. The van der Waals surface area contributed by atoms with E-state index in [2.05, 4.69) is 4.72 Å². The van der Waals surface area contributed by atoms with Gasteiger partial charge in [0.15, 0.2) is 5.78 Å². The highest BCUT2D eigenvalue weighted by Crippen LogP contribution is 2.29. The maximum Gasteiger partial charge on any atom is 0.211 e. The summed E-state index contributed by atoms with van der Waals surface area (Å²) < 4.78 is 32.5. The molecule has 0 radical (unpaired) electrons. The van der Waals surface area contributed by atoms with Crippen LogP contribution in [0.15, 0.2) is 18.2 Å². The number of fused-ring (bicyclic) bond motifs is 1. The third-order valence-corrected chi connectivity index (χ3v) is 6.51. The summed E-state index contributed by atoms with van der Waals surface area (Å²) in [5.74, 6) is 1.15. The molecule has 1 aromatic carbocycles. The Hall–Kier alpha value is -1.40. The molecular formula is C18H25NO4S. The monoisotopic (exact) mass is 351 g/mol. The molecule has 0 aromatic heterocycles. The molecule has 1 fully saturated rings. The van der Waals surface area contributed by atoms with E-state index in [1.807, 2.05) is 18.2 Å². The van der Waals surface area contributed by atoms with Gasteiger partial charge in [0.1, 0.15) is 5.75 Å². The number of ether oxygens (including phenoxy) is 1. The van der Waals surface area contributed by atoms with E-state index in [-0.39, 0.29) is 23.5 Å². The molecule has 1 aromatic rings. The van der Waals surface area contributed by atoms with Gasteiger partial charge in [-0.05, 0) is 43.9 Å². The number of Topliss-reactive ketones (excluding diaryl/α,β-unsaturated/α-hetero) is 1. The fourth-order valence-electron chi connectivity index (χ4n) is 3.59.